The summed E-state index contributed by atoms with van der Waals surface area (Å²) in [6.45, 7) is 2.01. The Balaban J connectivity index is 1.91. The lowest BCUT2D eigenvalue weighted by Crippen LogP contribution is -2.13. The van der Waals surface area contributed by atoms with Crippen molar-refractivity contribution in [2.24, 2.45) is 12.0 Å². The summed E-state index contributed by atoms with van der Waals surface area (Å²) in [4.78, 5) is 18.1. The van der Waals surface area contributed by atoms with E-state index in [-0.39, 0.29) is 5.91 Å². The Hall–Kier alpha value is -1.66. The van der Waals surface area contributed by atoms with E-state index in [0.717, 1.165) is 25.9 Å². The summed E-state index contributed by atoms with van der Waals surface area (Å²) in [7, 11) is 1.89. The molecule has 25 heavy (non-hydrogen) atoms. The lowest BCUT2D eigenvalue weighted by atomic mass is 10.2. The first-order valence-corrected chi connectivity index (χ1v) is 9.87. The smallest absolute Gasteiger partial charge is 0.291 e. The molecular weight excluding hydrogens is 395 g/mol. The number of rotatable bonds is 1. The average molecular weight is 407 g/mol. The third-order valence-electron chi connectivity index (χ3n) is 4.03. The molecule has 0 atom stereocenters. The molecule has 2 aromatic carbocycles. The van der Waals surface area contributed by atoms with E-state index >= 15 is 0 Å². The quantitative estimate of drug-likeness (QED) is 0.392. The Morgan fingerprint density at radius 3 is 2.60 bits per heavy atom. The van der Waals surface area contributed by atoms with E-state index in [0.29, 0.717) is 19.7 Å². The van der Waals surface area contributed by atoms with Crippen LogP contribution in [0.1, 0.15) is 15.2 Å². The van der Waals surface area contributed by atoms with Crippen LogP contribution in [0.5, 0.6) is 0 Å². The summed E-state index contributed by atoms with van der Waals surface area (Å²) in [5.41, 5.74) is 2.08. The first kappa shape index (κ1) is 16.8. The summed E-state index contributed by atoms with van der Waals surface area (Å²) in [6.07, 6.45) is 0. The van der Waals surface area contributed by atoms with Gasteiger partial charge in [-0.1, -0.05) is 58.8 Å². The SMILES string of the molecule is Cc1ccc(Cl)c2sc(=NC(=O)c3sc4ccccc4c3Cl)n(C)c12. The fourth-order valence-electron chi connectivity index (χ4n) is 2.80. The topological polar surface area (TPSA) is 34.4 Å². The van der Waals surface area contributed by atoms with Crippen LogP contribution in [0.15, 0.2) is 41.4 Å². The Bertz CT molecular complexity index is 1220. The number of carbonyl (C=O) groups excluding carboxylic acids is 1. The molecule has 2 aromatic heterocycles. The maximum atomic E-state index is 12.7. The van der Waals surface area contributed by atoms with Gasteiger partial charge in [0.15, 0.2) is 4.80 Å². The van der Waals surface area contributed by atoms with E-state index in [9.17, 15) is 4.79 Å². The summed E-state index contributed by atoms with van der Waals surface area (Å²) < 4.78 is 3.81. The minimum Gasteiger partial charge on any atom is -0.319 e. The number of nitrogens with zero attached hydrogens (tertiary/aromatic N) is 2. The molecule has 0 spiro atoms. The Kier molecular flexibility index (Phi) is 4.20. The number of thiophene rings is 1. The van der Waals surface area contributed by atoms with E-state index in [4.69, 9.17) is 23.2 Å². The first-order valence-electron chi connectivity index (χ1n) is 7.48. The van der Waals surface area contributed by atoms with Gasteiger partial charge >= 0.3 is 0 Å². The van der Waals surface area contributed by atoms with Crippen LogP contribution in [0.3, 0.4) is 0 Å². The third-order valence-corrected chi connectivity index (χ3v) is 7.28. The zero-order valence-corrected chi connectivity index (χ0v) is 16.5. The van der Waals surface area contributed by atoms with Crippen molar-refractivity contribution >= 4 is 72.1 Å². The van der Waals surface area contributed by atoms with E-state index < -0.39 is 0 Å². The number of benzene rings is 2. The largest absolute Gasteiger partial charge is 0.319 e. The molecule has 0 saturated carbocycles. The number of hydrogen-bond acceptors (Lipinski definition) is 3. The van der Waals surface area contributed by atoms with Gasteiger partial charge in [-0.2, -0.15) is 4.99 Å². The highest BCUT2D eigenvalue weighted by molar-refractivity contribution is 7.21. The normalized spacial score (nSPS) is 12.4. The van der Waals surface area contributed by atoms with Gasteiger partial charge in [0, 0.05) is 17.1 Å². The van der Waals surface area contributed by atoms with Gasteiger partial charge in [-0.15, -0.1) is 11.3 Å². The predicted octanol–water partition coefficient (Wildman–Crippen LogP) is 5.81. The molecule has 0 aliphatic heterocycles. The minimum absolute atomic E-state index is 0.331. The van der Waals surface area contributed by atoms with Crippen LogP contribution in [-0.4, -0.2) is 10.5 Å². The van der Waals surface area contributed by atoms with E-state index in [1.54, 1.807) is 0 Å². The Morgan fingerprint density at radius 1 is 1.12 bits per heavy atom. The molecule has 4 rings (SSSR count). The molecule has 126 valence electrons. The van der Waals surface area contributed by atoms with Crippen molar-refractivity contribution in [1.29, 1.82) is 0 Å². The highest BCUT2D eigenvalue weighted by atomic mass is 35.5. The number of amides is 1. The standard InChI is InChI=1S/C18H12Cl2N2OS2/c1-9-7-8-11(19)15-14(9)22(2)18(25-15)21-17(23)16-13(20)10-5-3-4-6-12(10)24-16/h3-8H,1-2H3. The molecule has 0 aliphatic carbocycles. The van der Waals surface area contributed by atoms with E-state index in [1.165, 1.54) is 22.7 Å². The number of hydrogen-bond donors (Lipinski definition) is 0. The molecule has 7 heteroatoms. The predicted molar refractivity (Wildman–Crippen MR) is 107 cm³/mol. The number of fused-ring (bicyclic) bond motifs is 2. The fourth-order valence-corrected chi connectivity index (χ4v) is 5.57. The zero-order chi connectivity index (χ0) is 17.7. The van der Waals surface area contributed by atoms with E-state index in [1.807, 2.05) is 54.9 Å². The Morgan fingerprint density at radius 2 is 1.88 bits per heavy atom. The van der Waals surface area contributed by atoms with E-state index in [2.05, 4.69) is 4.99 Å². The number of aryl methyl sites for hydroxylation is 2. The molecule has 2 heterocycles. The third kappa shape index (κ3) is 2.72. The molecular formula is C18H12Cl2N2OS2. The number of aromatic nitrogens is 1. The second-order valence-electron chi connectivity index (χ2n) is 5.64. The molecule has 0 N–H and O–H groups in total. The highest BCUT2D eigenvalue weighted by Crippen LogP contribution is 2.35. The van der Waals surface area contributed by atoms with Crippen molar-refractivity contribution < 1.29 is 4.79 Å². The molecule has 1 amide bonds. The van der Waals surface area contributed by atoms with Gasteiger partial charge in [0.05, 0.1) is 20.3 Å². The van der Waals surface area contributed by atoms with Crippen molar-refractivity contribution in [2.75, 3.05) is 0 Å². The van der Waals surface area contributed by atoms with Gasteiger partial charge in [-0.25, -0.2) is 0 Å². The summed E-state index contributed by atoms with van der Waals surface area (Å²) >= 11 is 15.5. The van der Waals surface area contributed by atoms with Crippen LogP contribution in [0, 0.1) is 6.92 Å². The van der Waals surface area contributed by atoms with Crippen LogP contribution < -0.4 is 4.80 Å². The number of carbonyl (C=O) groups is 1. The maximum absolute atomic E-state index is 12.7. The summed E-state index contributed by atoms with van der Waals surface area (Å²) in [5.74, 6) is -0.331. The lowest BCUT2D eigenvalue weighted by Gasteiger charge is -2.00. The van der Waals surface area contributed by atoms with Gasteiger partial charge in [-0.3, -0.25) is 4.79 Å². The van der Waals surface area contributed by atoms with Crippen molar-refractivity contribution in [3.05, 3.63) is 61.7 Å². The monoisotopic (exact) mass is 406 g/mol. The highest BCUT2D eigenvalue weighted by Gasteiger charge is 2.17. The molecule has 4 aromatic rings. The first-order chi connectivity index (χ1) is 12.0. The van der Waals surface area contributed by atoms with Crippen LogP contribution in [0.4, 0.5) is 0 Å². The molecule has 0 aliphatic rings. The van der Waals surface area contributed by atoms with Crippen molar-refractivity contribution in [2.45, 2.75) is 6.92 Å². The second kappa shape index (κ2) is 6.25. The zero-order valence-electron chi connectivity index (χ0n) is 13.3. The fraction of sp³-hybridized carbons (Fsp3) is 0.111. The maximum Gasteiger partial charge on any atom is 0.291 e. The van der Waals surface area contributed by atoms with Gasteiger partial charge in [0.25, 0.3) is 5.91 Å². The van der Waals surface area contributed by atoms with Crippen molar-refractivity contribution in [3.63, 3.8) is 0 Å². The number of halogens is 2. The molecule has 0 bridgehead atoms. The molecule has 3 nitrogen and oxygen atoms in total. The van der Waals surface area contributed by atoms with Gasteiger partial charge in [-0.05, 0) is 24.6 Å². The van der Waals surface area contributed by atoms with Crippen molar-refractivity contribution in [3.8, 4) is 0 Å². The van der Waals surface area contributed by atoms with Gasteiger partial charge in [0.1, 0.15) is 4.88 Å². The summed E-state index contributed by atoms with van der Waals surface area (Å²) in [5, 5.41) is 2.01. The minimum atomic E-state index is -0.331. The van der Waals surface area contributed by atoms with Gasteiger partial charge < -0.3 is 4.57 Å². The van der Waals surface area contributed by atoms with Gasteiger partial charge in [0.2, 0.25) is 0 Å². The molecule has 0 unspecified atom stereocenters. The number of thiazole rings is 1. The van der Waals surface area contributed by atoms with Crippen LogP contribution >= 0.6 is 45.9 Å². The van der Waals surface area contributed by atoms with Crippen LogP contribution in [-0.2, 0) is 7.05 Å². The van der Waals surface area contributed by atoms with Crippen molar-refractivity contribution in [1.82, 2.24) is 4.57 Å². The van der Waals surface area contributed by atoms with Crippen LogP contribution in [0.2, 0.25) is 10.0 Å². The lowest BCUT2D eigenvalue weighted by molar-refractivity contribution is 0.100. The molecule has 0 saturated heterocycles. The summed E-state index contributed by atoms with van der Waals surface area (Å²) in [6, 6.07) is 11.5. The average Bonchev–Trinajstić information content (AvgIpc) is 3.11. The van der Waals surface area contributed by atoms with Crippen LogP contribution in [0.25, 0.3) is 20.3 Å². The second-order valence-corrected chi connectivity index (χ2v) is 8.46. The molecule has 0 fully saturated rings. The Labute approximate surface area is 161 Å². The molecule has 0 radical (unpaired) electrons.